The van der Waals surface area contributed by atoms with Gasteiger partial charge in [-0.15, -0.1) is 12.4 Å². The summed E-state index contributed by atoms with van der Waals surface area (Å²) in [6, 6.07) is 30.0. The van der Waals surface area contributed by atoms with E-state index in [1.165, 1.54) is 21.3 Å². The van der Waals surface area contributed by atoms with Crippen LogP contribution in [-0.2, 0) is 9.53 Å². The molecule has 4 heterocycles. The topological polar surface area (TPSA) is 228 Å². The fourth-order valence-corrected chi connectivity index (χ4v) is 11.2. The highest BCUT2D eigenvalue weighted by Crippen LogP contribution is 2.54. The summed E-state index contributed by atoms with van der Waals surface area (Å²) < 4.78 is 71.8. The number of nitrogen functional groups attached to an aromatic ring is 1. The van der Waals surface area contributed by atoms with Crippen molar-refractivity contribution in [2.24, 2.45) is 34.6 Å². The summed E-state index contributed by atoms with van der Waals surface area (Å²) in [5, 5.41) is 17.5. The van der Waals surface area contributed by atoms with E-state index in [-0.39, 0.29) is 49.5 Å². The quantitative estimate of drug-likeness (QED) is 0.0726. The van der Waals surface area contributed by atoms with Crippen molar-refractivity contribution < 1.29 is 76.3 Å². The molecule has 416 valence electrons. The smallest absolute Gasteiger partial charge is 0.308 e. The molecule has 6 aliphatic rings. The number of benzene rings is 6. The van der Waals surface area contributed by atoms with Crippen molar-refractivity contribution in [3.8, 4) is 69.0 Å². The largest absolute Gasteiger partial charge is 0.497 e. The number of nitrogens with zero attached hydrogens (tertiary/aromatic N) is 2. The Hall–Kier alpha value is -8.46. The zero-order valence-corrected chi connectivity index (χ0v) is 45.5. The van der Waals surface area contributed by atoms with Gasteiger partial charge in [-0.25, -0.2) is 0 Å². The van der Waals surface area contributed by atoms with Gasteiger partial charge in [-0.2, -0.15) is 5.10 Å². The van der Waals surface area contributed by atoms with Crippen LogP contribution in [0.5, 0.6) is 69.0 Å². The lowest BCUT2D eigenvalue weighted by Crippen LogP contribution is -2.41. The number of halogens is 1. The molecule has 4 aliphatic heterocycles. The lowest BCUT2D eigenvalue weighted by molar-refractivity contribution is -0.143. The van der Waals surface area contributed by atoms with E-state index in [1.807, 2.05) is 96.0 Å². The third kappa shape index (κ3) is 10.3. The molecule has 12 rings (SSSR count). The van der Waals surface area contributed by atoms with Gasteiger partial charge >= 0.3 is 5.97 Å². The van der Waals surface area contributed by atoms with Crippen molar-refractivity contribution in [1.82, 2.24) is 0 Å². The van der Waals surface area contributed by atoms with Gasteiger partial charge < -0.3 is 72.1 Å². The maximum atomic E-state index is 13.2. The van der Waals surface area contributed by atoms with Crippen LogP contribution in [0.1, 0.15) is 50.0 Å². The number of carboxylic acid groups (broad SMARTS) is 1. The number of Topliss-reactive ketones (excluding diaryl/α,β-unsaturated/α-hetero) is 1. The van der Waals surface area contributed by atoms with E-state index >= 15 is 0 Å². The van der Waals surface area contributed by atoms with Crippen LogP contribution < -0.4 is 73.1 Å². The summed E-state index contributed by atoms with van der Waals surface area (Å²) in [4.78, 5) is 26.2. The van der Waals surface area contributed by atoms with E-state index < -0.39 is 23.7 Å². The minimum Gasteiger partial charge on any atom is -0.497 e. The number of hydrogen-bond donors (Lipinski definition) is 3. The number of rotatable bonds is 13. The molecule has 0 amide bonds. The van der Waals surface area contributed by atoms with Gasteiger partial charge in [-0.1, -0.05) is 0 Å². The molecule has 20 nitrogen and oxygen atoms in total. The van der Waals surface area contributed by atoms with Crippen molar-refractivity contribution in [3.63, 3.8) is 0 Å². The zero-order chi connectivity index (χ0) is 54.8. The number of nitrogens with one attached hydrogen (secondary N) is 1. The van der Waals surface area contributed by atoms with E-state index in [2.05, 4.69) is 5.43 Å². The molecule has 0 bridgehead atoms. The van der Waals surface area contributed by atoms with Gasteiger partial charge in [0.2, 0.25) is 25.1 Å². The first-order valence-corrected chi connectivity index (χ1v) is 24.9. The fourth-order valence-electron chi connectivity index (χ4n) is 11.2. The Morgan fingerprint density at radius 2 is 1.06 bits per heavy atom. The zero-order valence-electron chi connectivity index (χ0n) is 44.7. The summed E-state index contributed by atoms with van der Waals surface area (Å²) in [6.45, 7) is 1.61. The van der Waals surface area contributed by atoms with Crippen molar-refractivity contribution in [2.45, 2.75) is 11.8 Å². The monoisotopic (exact) mass is 1100 g/mol. The summed E-state index contributed by atoms with van der Waals surface area (Å²) in [7, 11) is 12.6. The molecule has 0 spiro atoms. The number of ketones is 1. The lowest BCUT2D eigenvalue weighted by atomic mass is 9.65. The number of carbonyl (C=O) groups excluding carboxylic acids is 1. The highest BCUT2D eigenvalue weighted by Gasteiger charge is 2.51. The Morgan fingerprint density at radius 1 is 0.595 bits per heavy atom. The first kappa shape index (κ1) is 55.3. The molecule has 6 atom stereocenters. The Kier molecular flexibility index (Phi) is 16.6. The molecular weight excluding hydrogens is 1040 g/mol. The van der Waals surface area contributed by atoms with Crippen molar-refractivity contribution in [1.29, 1.82) is 0 Å². The number of carbonyl (C=O) groups is 2. The number of anilines is 2. The van der Waals surface area contributed by atoms with Gasteiger partial charge in [0.15, 0.2) is 51.8 Å². The Labute approximate surface area is 462 Å². The third-order valence-corrected chi connectivity index (χ3v) is 14.9. The van der Waals surface area contributed by atoms with Crippen LogP contribution in [0.2, 0.25) is 0 Å². The van der Waals surface area contributed by atoms with Crippen LogP contribution >= 0.6 is 12.4 Å². The van der Waals surface area contributed by atoms with Gasteiger partial charge in [0, 0.05) is 40.5 Å². The van der Waals surface area contributed by atoms with Gasteiger partial charge in [0.25, 0.3) is 0 Å². The molecule has 4 N–H and O–H groups in total. The molecule has 1 saturated heterocycles. The highest BCUT2D eigenvalue weighted by molar-refractivity contribution is 6.10. The molecule has 21 heteroatoms. The second-order valence-corrected chi connectivity index (χ2v) is 18.7. The first-order valence-electron chi connectivity index (χ1n) is 24.9. The van der Waals surface area contributed by atoms with Crippen LogP contribution in [0, 0.1) is 23.7 Å². The second-order valence-electron chi connectivity index (χ2n) is 18.7. The molecule has 2 aliphatic carbocycles. The number of carboxylic acids is 1. The third-order valence-electron chi connectivity index (χ3n) is 14.9. The molecule has 1 fully saturated rings. The van der Waals surface area contributed by atoms with E-state index in [0.29, 0.717) is 88.5 Å². The average molecular weight is 1110 g/mol. The molecular formula is C58H61ClN4O16. The van der Waals surface area contributed by atoms with Gasteiger partial charge in [0.1, 0.15) is 11.5 Å². The second kappa shape index (κ2) is 23.6. The highest BCUT2D eigenvalue weighted by atomic mass is 35.5. The average Bonchev–Trinajstić information content (AvgIpc) is 4.55. The fraction of sp³-hybridized carbons (Fsp3) is 0.328. The maximum Gasteiger partial charge on any atom is 0.308 e. The number of hydrogen-bond acceptors (Lipinski definition) is 19. The number of hydrazine groups is 1. The Balaban J connectivity index is 0.000000166. The molecule has 0 aromatic heterocycles. The van der Waals surface area contributed by atoms with Crippen LogP contribution in [0.25, 0.3) is 0 Å². The van der Waals surface area contributed by atoms with Gasteiger partial charge in [0.05, 0.1) is 99.9 Å². The van der Waals surface area contributed by atoms with Crippen LogP contribution in [0.3, 0.4) is 0 Å². The predicted molar refractivity (Wildman–Crippen MR) is 293 cm³/mol. The lowest BCUT2D eigenvalue weighted by Gasteiger charge is -2.36. The van der Waals surface area contributed by atoms with Crippen molar-refractivity contribution in [3.05, 3.63) is 130 Å². The SMILES string of the molecule is COc1cc([C@@H]2c3cc4c(cc3C(=O)[C@H]3COC[C@H]23)OCO4)cc(OC)c1OC.COc1ccc(N2C[C@@H]3C(=N2)c2cc4c(cc2[C@@H](c2cc(OC)c(OC)c(OC)c2)[C@H]3C(=O)O)OCO4)cc1.COc1ccc(NN)cc1.Cl. The minimum atomic E-state index is -0.925. The van der Waals surface area contributed by atoms with Gasteiger partial charge in [-0.3, -0.25) is 20.4 Å². The first-order chi connectivity index (χ1) is 38.0. The number of fused-ring (bicyclic) bond motifs is 7. The van der Waals surface area contributed by atoms with E-state index in [4.69, 9.17) is 72.5 Å². The van der Waals surface area contributed by atoms with E-state index in [0.717, 1.165) is 50.7 Å². The van der Waals surface area contributed by atoms with E-state index in [9.17, 15) is 14.7 Å². The summed E-state index contributed by atoms with van der Waals surface area (Å²) in [5.74, 6) is 9.34. The van der Waals surface area contributed by atoms with Crippen LogP contribution in [0.4, 0.5) is 11.4 Å². The summed E-state index contributed by atoms with van der Waals surface area (Å²) in [5.41, 5.74) is 9.84. The minimum absolute atomic E-state index is 0. The predicted octanol–water partition coefficient (Wildman–Crippen LogP) is 8.57. The summed E-state index contributed by atoms with van der Waals surface area (Å²) >= 11 is 0. The molecule has 0 saturated carbocycles. The van der Waals surface area contributed by atoms with Crippen LogP contribution in [0.15, 0.2) is 102 Å². The van der Waals surface area contributed by atoms with Crippen LogP contribution in [-0.4, -0.2) is 113 Å². The Bertz CT molecular complexity index is 3180. The summed E-state index contributed by atoms with van der Waals surface area (Å²) in [6.07, 6.45) is 0. The van der Waals surface area contributed by atoms with E-state index in [1.54, 1.807) is 41.6 Å². The van der Waals surface area contributed by atoms with Gasteiger partial charge in [-0.05, 0) is 119 Å². The molecule has 79 heavy (non-hydrogen) atoms. The standard InChI is InChI=1S/C29H28N2O8.C22H22O7.C7H10N2O.ClH/c1-34-17-7-5-16(6-8-17)31-13-20-26(29(32)33)25(15-9-23(35-2)28(37-4)24(10-15)36-3)18-11-21-22(39-14-38-21)12-19(18)27(20)30-31;1-24-18-4-11(5-19(25-2)22(18)26-3)20-12-6-16-17(29-10-28-16)7-13(12)21(23)15-9-27-8-14(15)20;1-10-7-4-2-6(9-8)3-5-7;/h5-12,20,25-26H,13-14H2,1-4H3,(H,32,33);4-7,14-15,20H,8-10H2,1-3H3;2-5,9H,8H2,1H3;1H/t20-,25+,26-;14-,15-,20+;;/m00../s1. The molecule has 0 unspecified atom stereocenters. The molecule has 6 aromatic rings. The number of ether oxygens (including phenoxy) is 13. The Morgan fingerprint density at radius 3 is 1.53 bits per heavy atom. The number of methoxy groups -OCH3 is 8. The number of hydrazone groups is 1. The molecule has 6 aromatic carbocycles. The number of nitrogens with two attached hydrogens (primary N) is 1. The van der Waals surface area contributed by atoms with Crippen molar-refractivity contribution in [2.75, 3.05) is 101 Å². The molecule has 0 radical (unpaired) electrons. The maximum absolute atomic E-state index is 13.2. The van der Waals surface area contributed by atoms with Crippen molar-refractivity contribution >= 4 is 41.2 Å². The normalized spacial score (nSPS) is 20.1. The number of aliphatic carboxylic acids is 1.